The molecule has 1 nitrogen and oxygen atoms in total. The van der Waals surface area contributed by atoms with Crippen molar-refractivity contribution in [2.45, 2.75) is 0 Å². The van der Waals surface area contributed by atoms with Gasteiger partial charge in [-0.15, -0.1) is 0 Å². The van der Waals surface area contributed by atoms with Crippen molar-refractivity contribution in [3.8, 4) is 11.1 Å². The summed E-state index contributed by atoms with van der Waals surface area (Å²) < 4.78 is 4.97. The van der Waals surface area contributed by atoms with Crippen molar-refractivity contribution >= 4 is 11.6 Å². The van der Waals surface area contributed by atoms with Crippen LogP contribution in [-0.4, -0.2) is 0 Å². The zero-order valence-electron chi connectivity index (χ0n) is 6.33. The zero-order chi connectivity index (χ0) is 8.39. The van der Waals surface area contributed by atoms with Gasteiger partial charge >= 0.3 is 0 Å². The standard InChI is InChI=1S/C10H7ClO/c11-10-3-1-8(2-4-10)9-5-6-12-7-9/h1-7H. The molecule has 0 amide bonds. The van der Waals surface area contributed by atoms with Gasteiger partial charge in [0.2, 0.25) is 0 Å². The fraction of sp³-hybridized carbons (Fsp3) is 0. The maximum atomic E-state index is 5.75. The molecule has 0 aliphatic heterocycles. The van der Waals surface area contributed by atoms with Crippen LogP contribution in [0, 0.1) is 0 Å². The fourth-order valence-corrected chi connectivity index (χ4v) is 1.20. The van der Waals surface area contributed by atoms with E-state index in [1.165, 1.54) is 0 Å². The summed E-state index contributed by atoms with van der Waals surface area (Å²) in [7, 11) is 0. The van der Waals surface area contributed by atoms with Gasteiger partial charge in [0.1, 0.15) is 0 Å². The van der Waals surface area contributed by atoms with E-state index < -0.39 is 0 Å². The molecule has 0 atom stereocenters. The van der Waals surface area contributed by atoms with Crippen molar-refractivity contribution in [1.29, 1.82) is 0 Å². The summed E-state index contributed by atoms with van der Waals surface area (Å²) in [4.78, 5) is 0. The average molecular weight is 179 g/mol. The molecule has 0 spiro atoms. The third-order valence-electron chi connectivity index (χ3n) is 1.70. The van der Waals surface area contributed by atoms with Crippen LogP contribution in [0.1, 0.15) is 0 Å². The van der Waals surface area contributed by atoms with Crippen LogP contribution in [0.5, 0.6) is 0 Å². The lowest BCUT2D eigenvalue weighted by molar-refractivity contribution is 0.568. The lowest BCUT2D eigenvalue weighted by Crippen LogP contribution is -1.71. The molecule has 1 aromatic heterocycles. The van der Waals surface area contributed by atoms with Crippen molar-refractivity contribution in [1.82, 2.24) is 0 Å². The first kappa shape index (κ1) is 7.44. The normalized spacial score (nSPS) is 10.1. The highest BCUT2D eigenvalue weighted by Crippen LogP contribution is 2.21. The monoisotopic (exact) mass is 178 g/mol. The van der Waals surface area contributed by atoms with E-state index in [0.29, 0.717) is 0 Å². The second kappa shape index (κ2) is 3.03. The van der Waals surface area contributed by atoms with Gasteiger partial charge in [-0.05, 0) is 23.8 Å². The lowest BCUT2D eigenvalue weighted by atomic mass is 10.1. The Hall–Kier alpha value is -1.21. The van der Waals surface area contributed by atoms with Gasteiger partial charge in [0, 0.05) is 10.6 Å². The number of halogens is 1. The molecule has 60 valence electrons. The summed E-state index contributed by atoms with van der Waals surface area (Å²) in [5, 5.41) is 0.752. The molecule has 0 unspecified atom stereocenters. The zero-order valence-corrected chi connectivity index (χ0v) is 7.08. The predicted molar refractivity (Wildman–Crippen MR) is 49.2 cm³/mol. The molecular formula is C10H7ClO. The third kappa shape index (κ3) is 1.36. The predicted octanol–water partition coefficient (Wildman–Crippen LogP) is 3.60. The summed E-state index contributed by atoms with van der Waals surface area (Å²) in [6.45, 7) is 0. The minimum absolute atomic E-state index is 0.752. The maximum absolute atomic E-state index is 5.75. The lowest BCUT2D eigenvalue weighted by Gasteiger charge is -1.95. The quantitative estimate of drug-likeness (QED) is 0.651. The Kier molecular flexibility index (Phi) is 1.88. The molecule has 0 aliphatic rings. The van der Waals surface area contributed by atoms with Crippen LogP contribution < -0.4 is 0 Å². The van der Waals surface area contributed by atoms with E-state index in [0.717, 1.165) is 16.1 Å². The van der Waals surface area contributed by atoms with Crippen molar-refractivity contribution < 1.29 is 4.42 Å². The number of hydrogen-bond acceptors (Lipinski definition) is 1. The van der Waals surface area contributed by atoms with Crippen LogP contribution in [0.15, 0.2) is 47.3 Å². The highest BCUT2D eigenvalue weighted by molar-refractivity contribution is 6.30. The maximum Gasteiger partial charge on any atom is 0.0980 e. The van der Waals surface area contributed by atoms with E-state index in [1.807, 2.05) is 30.3 Å². The molecule has 0 fully saturated rings. The van der Waals surface area contributed by atoms with E-state index >= 15 is 0 Å². The van der Waals surface area contributed by atoms with Crippen LogP contribution >= 0.6 is 11.6 Å². The van der Waals surface area contributed by atoms with Gasteiger partial charge in [0.25, 0.3) is 0 Å². The Morgan fingerprint density at radius 3 is 2.25 bits per heavy atom. The van der Waals surface area contributed by atoms with Crippen LogP contribution in [0.2, 0.25) is 5.02 Å². The van der Waals surface area contributed by atoms with Crippen molar-refractivity contribution in [2.75, 3.05) is 0 Å². The number of rotatable bonds is 1. The van der Waals surface area contributed by atoms with Crippen molar-refractivity contribution in [2.24, 2.45) is 0 Å². The Bertz CT molecular complexity index is 348. The molecule has 2 aromatic rings. The second-order valence-corrected chi connectivity index (χ2v) is 2.96. The first-order chi connectivity index (χ1) is 5.86. The number of furan rings is 1. The Balaban J connectivity index is 2.43. The Morgan fingerprint density at radius 1 is 0.917 bits per heavy atom. The van der Waals surface area contributed by atoms with Crippen LogP contribution in [0.4, 0.5) is 0 Å². The average Bonchev–Trinajstić information content (AvgIpc) is 2.58. The van der Waals surface area contributed by atoms with E-state index in [1.54, 1.807) is 12.5 Å². The van der Waals surface area contributed by atoms with Crippen LogP contribution in [0.25, 0.3) is 11.1 Å². The minimum atomic E-state index is 0.752. The van der Waals surface area contributed by atoms with Gasteiger partial charge in [-0.3, -0.25) is 0 Å². The molecule has 1 heterocycles. The molecule has 0 saturated heterocycles. The highest BCUT2D eigenvalue weighted by Gasteiger charge is 1.96. The van der Waals surface area contributed by atoms with Gasteiger partial charge < -0.3 is 4.42 Å². The van der Waals surface area contributed by atoms with Crippen LogP contribution in [0.3, 0.4) is 0 Å². The summed E-state index contributed by atoms with van der Waals surface area (Å²) in [5.41, 5.74) is 2.19. The fourth-order valence-electron chi connectivity index (χ4n) is 1.07. The summed E-state index contributed by atoms with van der Waals surface area (Å²) in [6.07, 6.45) is 3.37. The molecule has 2 rings (SSSR count). The summed E-state index contributed by atoms with van der Waals surface area (Å²) >= 11 is 5.75. The molecule has 0 saturated carbocycles. The van der Waals surface area contributed by atoms with Crippen LogP contribution in [-0.2, 0) is 0 Å². The minimum Gasteiger partial charge on any atom is -0.472 e. The van der Waals surface area contributed by atoms with E-state index in [-0.39, 0.29) is 0 Å². The molecule has 2 heteroatoms. The van der Waals surface area contributed by atoms with Gasteiger partial charge in [-0.2, -0.15) is 0 Å². The molecule has 0 N–H and O–H groups in total. The molecule has 12 heavy (non-hydrogen) atoms. The van der Waals surface area contributed by atoms with Crippen molar-refractivity contribution in [3.63, 3.8) is 0 Å². The first-order valence-corrected chi connectivity index (χ1v) is 4.02. The van der Waals surface area contributed by atoms with Gasteiger partial charge in [-0.1, -0.05) is 23.7 Å². The van der Waals surface area contributed by atoms with Gasteiger partial charge in [-0.25, -0.2) is 0 Å². The molecular weight excluding hydrogens is 172 g/mol. The topological polar surface area (TPSA) is 13.1 Å². The van der Waals surface area contributed by atoms with Gasteiger partial charge in [0.05, 0.1) is 12.5 Å². The SMILES string of the molecule is Clc1ccc(-c2ccoc2)cc1. The van der Waals surface area contributed by atoms with E-state index in [4.69, 9.17) is 16.0 Å². The van der Waals surface area contributed by atoms with E-state index in [2.05, 4.69) is 0 Å². The molecule has 0 radical (unpaired) electrons. The number of hydrogen-bond donors (Lipinski definition) is 0. The Labute approximate surface area is 75.6 Å². The van der Waals surface area contributed by atoms with E-state index in [9.17, 15) is 0 Å². The second-order valence-electron chi connectivity index (χ2n) is 2.52. The van der Waals surface area contributed by atoms with Crippen molar-refractivity contribution in [3.05, 3.63) is 47.9 Å². The smallest absolute Gasteiger partial charge is 0.0980 e. The molecule has 0 aliphatic carbocycles. The first-order valence-electron chi connectivity index (χ1n) is 3.64. The molecule has 0 bridgehead atoms. The van der Waals surface area contributed by atoms with Gasteiger partial charge in [0.15, 0.2) is 0 Å². The summed E-state index contributed by atoms with van der Waals surface area (Å²) in [5.74, 6) is 0. The Morgan fingerprint density at radius 2 is 1.67 bits per heavy atom. The summed E-state index contributed by atoms with van der Waals surface area (Å²) in [6, 6.07) is 9.58. The highest BCUT2D eigenvalue weighted by atomic mass is 35.5. The number of benzene rings is 1. The largest absolute Gasteiger partial charge is 0.472 e. The third-order valence-corrected chi connectivity index (χ3v) is 1.95. The molecule has 1 aromatic carbocycles.